The Morgan fingerprint density at radius 3 is 2.34 bits per heavy atom. The van der Waals surface area contributed by atoms with Gasteiger partial charge in [-0.2, -0.15) is 13.2 Å². The Labute approximate surface area is 199 Å². The van der Waals surface area contributed by atoms with Crippen molar-refractivity contribution in [1.29, 1.82) is 0 Å². The highest BCUT2D eigenvalue weighted by Gasteiger charge is 2.41. The summed E-state index contributed by atoms with van der Waals surface area (Å²) in [5, 5.41) is 2.57. The molecule has 0 aromatic heterocycles. The standard InChI is InChI=1S/C26H22F4N2O3/c1-35-21-11-9-20(10-12-21)32-23(33)14-13-22(24(32)16-5-7-18(27)8-6-16)25(34)31-19-4-2-3-17(15-19)26(28,29)30/h2-12,15,22,24H,13-14H2,1H3,(H,31,34). The summed E-state index contributed by atoms with van der Waals surface area (Å²) >= 11 is 0. The molecule has 35 heavy (non-hydrogen) atoms. The lowest BCUT2D eigenvalue weighted by Gasteiger charge is -2.41. The van der Waals surface area contributed by atoms with Gasteiger partial charge in [0.05, 0.1) is 24.6 Å². The molecule has 182 valence electrons. The quantitative estimate of drug-likeness (QED) is 0.452. The molecule has 2 amide bonds. The van der Waals surface area contributed by atoms with Crippen molar-refractivity contribution in [1.82, 2.24) is 0 Å². The summed E-state index contributed by atoms with van der Waals surface area (Å²) in [6.07, 6.45) is -4.32. The number of benzene rings is 3. The van der Waals surface area contributed by atoms with Crippen LogP contribution >= 0.6 is 0 Å². The number of anilines is 2. The zero-order valence-corrected chi connectivity index (χ0v) is 18.7. The first-order valence-corrected chi connectivity index (χ1v) is 10.9. The fraction of sp³-hybridized carbons (Fsp3) is 0.231. The lowest BCUT2D eigenvalue weighted by Crippen LogP contribution is -2.47. The summed E-state index contributed by atoms with van der Waals surface area (Å²) in [6.45, 7) is 0. The van der Waals surface area contributed by atoms with Gasteiger partial charge in [-0.25, -0.2) is 4.39 Å². The van der Waals surface area contributed by atoms with Crippen molar-refractivity contribution in [3.8, 4) is 5.75 Å². The molecular weight excluding hydrogens is 464 g/mol. The van der Waals surface area contributed by atoms with Gasteiger partial charge in [0.15, 0.2) is 0 Å². The molecule has 0 aliphatic carbocycles. The van der Waals surface area contributed by atoms with Gasteiger partial charge in [0.25, 0.3) is 0 Å². The van der Waals surface area contributed by atoms with Crippen LogP contribution in [0.3, 0.4) is 0 Å². The molecule has 1 heterocycles. The highest BCUT2D eigenvalue weighted by molar-refractivity contribution is 6.00. The number of alkyl halides is 3. The molecule has 3 aromatic carbocycles. The van der Waals surface area contributed by atoms with Gasteiger partial charge in [-0.1, -0.05) is 18.2 Å². The van der Waals surface area contributed by atoms with Gasteiger partial charge in [0.2, 0.25) is 11.8 Å². The van der Waals surface area contributed by atoms with E-state index in [1.54, 1.807) is 24.3 Å². The zero-order chi connectivity index (χ0) is 25.2. The van der Waals surface area contributed by atoms with E-state index < -0.39 is 35.4 Å². The minimum absolute atomic E-state index is 0.00409. The van der Waals surface area contributed by atoms with Crippen molar-refractivity contribution in [2.24, 2.45) is 5.92 Å². The zero-order valence-electron chi connectivity index (χ0n) is 18.7. The van der Waals surface area contributed by atoms with Gasteiger partial charge in [-0.05, 0) is 66.6 Å². The number of carbonyl (C=O) groups excluding carboxylic acids is 2. The average molecular weight is 486 g/mol. The molecule has 2 atom stereocenters. The van der Waals surface area contributed by atoms with Crippen molar-refractivity contribution in [2.75, 3.05) is 17.3 Å². The maximum absolute atomic E-state index is 13.6. The number of nitrogens with zero attached hydrogens (tertiary/aromatic N) is 1. The summed E-state index contributed by atoms with van der Waals surface area (Å²) in [5.74, 6) is -1.46. The van der Waals surface area contributed by atoms with Gasteiger partial charge < -0.3 is 15.0 Å². The molecule has 0 spiro atoms. The molecule has 2 unspecified atom stereocenters. The molecule has 1 fully saturated rings. The Hall–Kier alpha value is -3.88. The van der Waals surface area contributed by atoms with Crippen LogP contribution in [0.1, 0.15) is 30.0 Å². The van der Waals surface area contributed by atoms with Crippen LogP contribution in [-0.2, 0) is 15.8 Å². The first-order valence-electron chi connectivity index (χ1n) is 10.9. The van der Waals surface area contributed by atoms with E-state index >= 15 is 0 Å². The Morgan fingerprint density at radius 1 is 1.03 bits per heavy atom. The molecule has 9 heteroatoms. The van der Waals surface area contributed by atoms with Crippen molar-refractivity contribution in [2.45, 2.75) is 25.1 Å². The highest BCUT2D eigenvalue weighted by atomic mass is 19.4. The molecule has 1 N–H and O–H groups in total. The largest absolute Gasteiger partial charge is 0.497 e. The predicted molar refractivity (Wildman–Crippen MR) is 122 cm³/mol. The minimum atomic E-state index is -4.56. The second kappa shape index (κ2) is 9.77. The molecule has 0 saturated carbocycles. The fourth-order valence-electron chi connectivity index (χ4n) is 4.26. The minimum Gasteiger partial charge on any atom is -0.497 e. The smallest absolute Gasteiger partial charge is 0.416 e. The monoisotopic (exact) mass is 486 g/mol. The SMILES string of the molecule is COc1ccc(N2C(=O)CCC(C(=O)Nc3cccc(C(F)(F)F)c3)C2c2ccc(F)cc2)cc1. The van der Waals surface area contributed by atoms with Gasteiger partial charge >= 0.3 is 6.18 Å². The number of carbonyl (C=O) groups is 2. The Kier molecular flexibility index (Phi) is 6.77. The first-order chi connectivity index (χ1) is 16.7. The van der Waals surface area contributed by atoms with Crippen LogP contribution in [-0.4, -0.2) is 18.9 Å². The van der Waals surface area contributed by atoms with Crippen LogP contribution in [0.25, 0.3) is 0 Å². The maximum atomic E-state index is 13.6. The van der Waals surface area contributed by atoms with Crippen LogP contribution in [0, 0.1) is 11.7 Å². The van der Waals surface area contributed by atoms with Crippen molar-refractivity contribution in [3.05, 3.63) is 89.7 Å². The third-order valence-corrected chi connectivity index (χ3v) is 5.95. The second-order valence-corrected chi connectivity index (χ2v) is 8.17. The summed E-state index contributed by atoms with van der Waals surface area (Å²) in [4.78, 5) is 27.9. The maximum Gasteiger partial charge on any atom is 0.416 e. The normalized spacial score (nSPS) is 18.3. The van der Waals surface area contributed by atoms with E-state index in [1.807, 2.05) is 0 Å². The van der Waals surface area contributed by atoms with E-state index in [0.717, 1.165) is 12.1 Å². The Bertz CT molecular complexity index is 1210. The van der Waals surface area contributed by atoms with Crippen molar-refractivity contribution < 1.29 is 31.9 Å². The number of amides is 2. The molecule has 1 aliphatic rings. The molecule has 1 saturated heterocycles. The molecule has 5 nitrogen and oxygen atoms in total. The average Bonchev–Trinajstić information content (AvgIpc) is 2.84. The number of rotatable bonds is 5. The molecule has 0 bridgehead atoms. The van der Waals surface area contributed by atoms with Crippen LogP contribution in [0.2, 0.25) is 0 Å². The van der Waals surface area contributed by atoms with Gasteiger partial charge in [0, 0.05) is 17.8 Å². The van der Waals surface area contributed by atoms with E-state index in [4.69, 9.17) is 4.74 Å². The van der Waals surface area contributed by atoms with E-state index in [0.29, 0.717) is 17.0 Å². The molecule has 4 rings (SSSR count). The number of piperidine rings is 1. The molecular formula is C26H22F4N2O3. The summed E-state index contributed by atoms with van der Waals surface area (Å²) in [5.41, 5.74) is 0.154. The van der Waals surface area contributed by atoms with Crippen LogP contribution in [0.5, 0.6) is 5.75 Å². The summed E-state index contributed by atoms with van der Waals surface area (Å²) in [6, 6.07) is 15.8. The van der Waals surface area contributed by atoms with Gasteiger partial charge in [-0.3, -0.25) is 9.59 Å². The van der Waals surface area contributed by atoms with Crippen molar-refractivity contribution >= 4 is 23.2 Å². The summed E-state index contributed by atoms with van der Waals surface area (Å²) in [7, 11) is 1.51. The number of hydrogen-bond acceptors (Lipinski definition) is 3. The van der Waals surface area contributed by atoms with E-state index in [9.17, 15) is 27.2 Å². The third-order valence-electron chi connectivity index (χ3n) is 5.95. The highest BCUT2D eigenvalue weighted by Crippen LogP contribution is 2.41. The topological polar surface area (TPSA) is 58.6 Å². The number of methoxy groups -OCH3 is 1. The lowest BCUT2D eigenvalue weighted by molar-refractivity contribution is -0.137. The first kappa shape index (κ1) is 24.3. The van der Waals surface area contributed by atoms with Crippen LogP contribution in [0.15, 0.2) is 72.8 Å². The van der Waals surface area contributed by atoms with E-state index in [2.05, 4.69) is 5.32 Å². The van der Waals surface area contributed by atoms with E-state index in [1.165, 1.54) is 48.4 Å². The van der Waals surface area contributed by atoms with Crippen LogP contribution in [0.4, 0.5) is 28.9 Å². The molecule has 3 aromatic rings. The van der Waals surface area contributed by atoms with Crippen molar-refractivity contribution in [3.63, 3.8) is 0 Å². The Balaban J connectivity index is 1.71. The van der Waals surface area contributed by atoms with Gasteiger partial charge in [-0.15, -0.1) is 0 Å². The third kappa shape index (κ3) is 5.29. The number of ether oxygens (including phenoxy) is 1. The Morgan fingerprint density at radius 2 is 1.71 bits per heavy atom. The fourth-order valence-corrected chi connectivity index (χ4v) is 4.26. The number of nitrogens with one attached hydrogen (secondary N) is 1. The molecule has 0 radical (unpaired) electrons. The summed E-state index contributed by atoms with van der Waals surface area (Å²) < 4.78 is 58.2. The lowest BCUT2D eigenvalue weighted by atomic mass is 9.83. The predicted octanol–water partition coefficient (Wildman–Crippen LogP) is 5.98. The number of halogens is 4. The van der Waals surface area contributed by atoms with Gasteiger partial charge in [0.1, 0.15) is 11.6 Å². The van der Waals surface area contributed by atoms with Crippen LogP contribution < -0.4 is 15.0 Å². The number of hydrogen-bond donors (Lipinski definition) is 1. The van der Waals surface area contributed by atoms with E-state index in [-0.39, 0.29) is 24.4 Å². The molecule has 1 aliphatic heterocycles. The second-order valence-electron chi connectivity index (χ2n) is 8.17.